The third kappa shape index (κ3) is 4.74. The maximum absolute atomic E-state index is 12.2. The molecule has 0 saturated carbocycles. The van der Waals surface area contributed by atoms with E-state index in [1.807, 2.05) is 18.4 Å². The number of halogens is 1. The van der Waals surface area contributed by atoms with Crippen LogP contribution in [0.1, 0.15) is 17.3 Å². The van der Waals surface area contributed by atoms with E-state index in [0.29, 0.717) is 10.7 Å². The molecule has 1 atom stereocenters. The zero-order valence-corrected chi connectivity index (χ0v) is 14.3. The Morgan fingerprint density at radius 1 is 1.17 bits per heavy atom. The summed E-state index contributed by atoms with van der Waals surface area (Å²) in [6.45, 7) is 1.52. The van der Waals surface area contributed by atoms with Crippen LogP contribution in [0.3, 0.4) is 0 Å². The molecule has 6 heteroatoms. The average molecular weight is 350 g/mol. The normalized spacial score (nSPS) is 11.6. The molecule has 0 spiro atoms. The molecule has 0 aliphatic heterocycles. The summed E-state index contributed by atoms with van der Waals surface area (Å²) in [5.74, 6) is -1.02. The van der Waals surface area contributed by atoms with Gasteiger partial charge in [-0.3, -0.25) is 4.79 Å². The van der Waals surface area contributed by atoms with E-state index in [-0.39, 0.29) is 5.56 Å². The second-order valence-electron chi connectivity index (χ2n) is 4.75. The number of carbonyl (C=O) groups excluding carboxylic acids is 2. The Bertz CT molecular complexity index is 706. The molecule has 2 aromatic rings. The summed E-state index contributed by atoms with van der Waals surface area (Å²) >= 11 is 7.52. The number of benzene rings is 2. The third-order valence-electron chi connectivity index (χ3n) is 3.09. The summed E-state index contributed by atoms with van der Waals surface area (Å²) < 4.78 is 5.21. The summed E-state index contributed by atoms with van der Waals surface area (Å²) in [5, 5.41) is 2.98. The molecule has 0 unspecified atom stereocenters. The molecule has 0 aromatic heterocycles. The molecule has 0 heterocycles. The topological polar surface area (TPSA) is 55.4 Å². The Balaban J connectivity index is 2.03. The molecular formula is C17H16ClNO3S. The predicted molar refractivity (Wildman–Crippen MR) is 93.2 cm³/mol. The molecule has 0 fully saturated rings. The molecule has 0 aliphatic rings. The standard InChI is InChI=1S/C17H16ClNO3S/c1-11(16(20)19-12-6-4-3-5-7-12)22-17(21)14-10-13(23-2)8-9-15(14)18/h3-11H,1-2H3,(H,19,20)/t11-/m1/s1. The van der Waals surface area contributed by atoms with Crippen LogP contribution in [0.15, 0.2) is 53.4 Å². The van der Waals surface area contributed by atoms with Crippen molar-refractivity contribution in [3.05, 3.63) is 59.1 Å². The highest BCUT2D eigenvalue weighted by atomic mass is 35.5. The largest absolute Gasteiger partial charge is 0.449 e. The minimum absolute atomic E-state index is 0.248. The minimum Gasteiger partial charge on any atom is -0.449 e. The van der Waals surface area contributed by atoms with Crippen molar-refractivity contribution < 1.29 is 14.3 Å². The molecule has 2 aromatic carbocycles. The number of anilines is 1. The number of para-hydroxylation sites is 1. The number of ether oxygens (including phenoxy) is 1. The number of esters is 1. The smallest absolute Gasteiger partial charge is 0.340 e. The van der Waals surface area contributed by atoms with Gasteiger partial charge in [0.15, 0.2) is 6.10 Å². The highest BCUT2D eigenvalue weighted by molar-refractivity contribution is 7.98. The van der Waals surface area contributed by atoms with E-state index in [9.17, 15) is 9.59 Å². The van der Waals surface area contributed by atoms with E-state index in [1.54, 1.807) is 36.4 Å². The summed E-state index contributed by atoms with van der Waals surface area (Å²) in [5.41, 5.74) is 0.890. The van der Waals surface area contributed by atoms with Gasteiger partial charge in [0.2, 0.25) is 0 Å². The van der Waals surface area contributed by atoms with Crippen LogP contribution in [-0.2, 0) is 9.53 Å². The number of rotatable bonds is 5. The van der Waals surface area contributed by atoms with Crippen LogP contribution in [-0.4, -0.2) is 24.2 Å². The van der Waals surface area contributed by atoms with Crippen LogP contribution in [0.2, 0.25) is 5.02 Å². The molecule has 4 nitrogen and oxygen atoms in total. The lowest BCUT2D eigenvalue weighted by Crippen LogP contribution is -2.30. The predicted octanol–water partition coefficient (Wildman–Crippen LogP) is 4.25. The van der Waals surface area contributed by atoms with Gasteiger partial charge in [-0.05, 0) is 43.5 Å². The SMILES string of the molecule is CSc1ccc(Cl)c(C(=O)O[C@H](C)C(=O)Nc2ccccc2)c1. The van der Waals surface area contributed by atoms with Crippen LogP contribution in [0, 0.1) is 0 Å². The van der Waals surface area contributed by atoms with Crippen LogP contribution >= 0.6 is 23.4 Å². The van der Waals surface area contributed by atoms with Gasteiger partial charge < -0.3 is 10.1 Å². The lowest BCUT2D eigenvalue weighted by atomic mass is 10.2. The van der Waals surface area contributed by atoms with Gasteiger partial charge >= 0.3 is 5.97 Å². The molecule has 1 amide bonds. The molecule has 0 bridgehead atoms. The monoisotopic (exact) mass is 349 g/mol. The van der Waals surface area contributed by atoms with Crippen molar-refractivity contribution in [1.82, 2.24) is 0 Å². The van der Waals surface area contributed by atoms with E-state index in [4.69, 9.17) is 16.3 Å². The van der Waals surface area contributed by atoms with Gasteiger partial charge in [0.05, 0.1) is 10.6 Å². The van der Waals surface area contributed by atoms with Crippen LogP contribution in [0.5, 0.6) is 0 Å². The maximum atomic E-state index is 12.2. The molecule has 0 radical (unpaired) electrons. The van der Waals surface area contributed by atoms with Gasteiger partial charge in [-0.1, -0.05) is 29.8 Å². The Kier molecular flexibility index (Phi) is 6.07. The van der Waals surface area contributed by atoms with Crippen molar-refractivity contribution >= 4 is 40.9 Å². The lowest BCUT2D eigenvalue weighted by molar-refractivity contribution is -0.123. The zero-order chi connectivity index (χ0) is 16.8. The molecule has 1 N–H and O–H groups in total. The highest BCUT2D eigenvalue weighted by Crippen LogP contribution is 2.24. The fourth-order valence-electron chi connectivity index (χ4n) is 1.83. The molecule has 2 rings (SSSR count). The Morgan fingerprint density at radius 3 is 2.52 bits per heavy atom. The summed E-state index contributed by atoms with van der Waals surface area (Å²) in [7, 11) is 0. The first kappa shape index (κ1) is 17.4. The van der Waals surface area contributed by atoms with Crippen LogP contribution in [0.25, 0.3) is 0 Å². The van der Waals surface area contributed by atoms with Crippen molar-refractivity contribution in [1.29, 1.82) is 0 Å². The maximum Gasteiger partial charge on any atom is 0.340 e. The van der Waals surface area contributed by atoms with E-state index in [1.165, 1.54) is 18.7 Å². The Labute approximate surface area is 144 Å². The Morgan fingerprint density at radius 2 is 1.87 bits per heavy atom. The van der Waals surface area contributed by atoms with E-state index in [0.717, 1.165) is 4.90 Å². The number of amides is 1. The van der Waals surface area contributed by atoms with Crippen molar-refractivity contribution in [2.24, 2.45) is 0 Å². The number of nitrogens with one attached hydrogen (secondary N) is 1. The van der Waals surface area contributed by atoms with Gasteiger partial charge in [-0.15, -0.1) is 11.8 Å². The lowest BCUT2D eigenvalue weighted by Gasteiger charge is -2.14. The first-order chi connectivity index (χ1) is 11.0. The molecule has 0 saturated heterocycles. The van der Waals surface area contributed by atoms with Gasteiger partial charge in [0.1, 0.15) is 0 Å². The molecule has 0 aliphatic carbocycles. The first-order valence-corrected chi connectivity index (χ1v) is 8.52. The van der Waals surface area contributed by atoms with Gasteiger partial charge in [0, 0.05) is 10.6 Å². The first-order valence-electron chi connectivity index (χ1n) is 6.91. The van der Waals surface area contributed by atoms with Crippen molar-refractivity contribution in [2.75, 3.05) is 11.6 Å². The van der Waals surface area contributed by atoms with E-state index < -0.39 is 18.0 Å². The number of thioether (sulfide) groups is 1. The quantitative estimate of drug-likeness (QED) is 0.647. The fraction of sp³-hybridized carbons (Fsp3) is 0.176. The second kappa shape index (κ2) is 8.04. The van der Waals surface area contributed by atoms with Crippen LogP contribution < -0.4 is 5.32 Å². The third-order valence-corrected chi connectivity index (χ3v) is 4.14. The minimum atomic E-state index is -0.934. The van der Waals surface area contributed by atoms with E-state index >= 15 is 0 Å². The molecular weight excluding hydrogens is 334 g/mol. The second-order valence-corrected chi connectivity index (χ2v) is 6.04. The average Bonchev–Trinajstić information content (AvgIpc) is 2.56. The number of carbonyl (C=O) groups is 2. The summed E-state index contributed by atoms with van der Waals surface area (Å²) in [6, 6.07) is 14.1. The van der Waals surface area contributed by atoms with Crippen LogP contribution in [0.4, 0.5) is 5.69 Å². The zero-order valence-electron chi connectivity index (χ0n) is 12.7. The number of hydrogen-bond donors (Lipinski definition) is 1. The Hall–Kier alpha value is -1.98. The summed E-state index contributed by atoms with van der Waals surface area (Å²) in [4.78, 5) is 25.2. The highest BCUT2D eigenvalue weighted by Gasteiger charge is 2.21. The fourth-order valence-corrected chi connectivity index (χ4v) is 2.47. The molecule has 120 valence electrons. The summed E-state index contributed by atoms with van der Waals surface area (Å²) in [6.07, 6.45) is 0.964. The number of hydrogen-bond acceptors (Lipinski definition) is 4. The molecule has 23 heavy (non-hydrogen) atoms. The van der Waals surface area contributed by atoms with Crippen molar-refractivity contribution in [2.45, 2.75) is 17.9 Å². The van der Waals surface area contributed by atoms with Crippen molar-refractivity contribution in [3.63, 3.8) is 0 Å². The van der Waals surface area contributed by atoms with Crippen molar-refractivity contribution in [3.8, 4) is 0 Å². The van der Waals surface area contributed by atoms with Gasteiger partial charge in [0.25, 0.3) is 5.91 Å². The van der Waals surface area contributed by atoms with E-state index in [2.05, 4.69) is 5.32 Å². The van der Waals surface area contributed by atoms with Gasteiger partial charge in [-0.2, -0.15) is 0 Å². The van der Waals surface area contributed by atoms with Gasteiger partial charge in [-0.25, -0.2) is 4.79 Å².